The number of fused-ring (bicyclic) bond motifs is 1. The molecule has 1 aliphatic heterocycles. The molecule has 1 aromatic carbocycles. The van der Waals surface area contributed by atoms with Gasteiger partial charge in [0.1, 0.15) is 17.9 Å². The third-order valence-corrected chi connectivity index (χ3v) is 6.53. The van der Waals surface area contributed by atoms with E-state index in [9.17, 15) is 18.0 Å². The molecule has 0 saturated carbocycles. The number of nitrogens with two attached hydrogens (primary N) is 1. The number of hydrogen-bond acceptors (Lipinski definition) is 7. The summed E-state index contributed by atoms with van der Waals surface area (Å²) in [5.74, 6) is 1.45. The van der Waals surface area contributed by atoms with Crippen LogP contribution in [0, 0.1) is 13.8 Å². The molecule has 0 bridgehead atoms. The molecule has 194 valence electrons. The number of rotatable bonds is 4. The minimum absolute atomic E-state index is 0.0780. The summed E-state index contributed by atoms with van der Waals surface area (Å²) >= 11 is 6.64. The Bertz CT molecular complexity index is 1300. The second-order valence-corrected chi connectivity index (χ2v) is 8.87. The zero-order valence-corrected chi connectivity index (χ0v) is 21.1. The maximum atomic E-state index is 11.7. The monoisotopic (exact) mass is 526 g/mol. The number of anilines is 1. The Labute approximate surface area is 210 Å². The number of methoxy groups -OCH3 is 1. The van der Waals surface area contributed by atoms with Gasteiger partial charge in [0, 0.05) is 42.1 Å². The molecule has 2 N–H and O–H groups in total. The molecule has 1 amide bonds. The van der Waals surface area contributed by atoms with Crippen molar-refractivity contribution in [3.63, 3.8) is 0 Å². The first kappa shape index (κ1) is 27.2. The van der Waals surface area contributed by atoms with Gasteiger partial charge in [0.15, 0.2) is 5.65 Å². The first-order chi connectivity index (χ1) is 16.8. The zero-order chi connectivity index (χ0) is 26.9. The molecule has 36 heavy (non-hydrogen) atoms. The smallest absolute Gasteiger partial charge is 0.446 e. The van der Waals surface area contributed by atoms with E-state index >= 15 is 0 Å². The van der Waals surface area contributed by atoms with Crippen molar-refractivity contribution in [3.8, 4) is 5.75 Å². The molecule has 1 unspecified atom stereocenters. The third-order valence-electron chi connectivity index (χ3n) is 6.13. The number of aldehydes is 1. The average molecular weight is 527 g/mol. The SMILES string of the molecule is COc1c(C(C)n2nc(C)c3c(N)ncnc32)cc(Cl)c(C)c1C1CN(C(C)=O)C1.O=CC(F)(F)F. The molecular formula is C23H26ClF3N6O3. The highest BCUT2D eigenvalue weighted by Crippen LogP contribution is 2.44. The number of aromatic nitrogens is 4. The summed E-state index contributed by atoms with van der Waals surface area (Å²) in [7, 11) is 1.66. The lowest BCUT2D eigenvalue weighted by Crippen LogP contribution is -2.47. The fraction of sp³-hybridized carbons (Fsp3) is 0.435. The molecule has 0 radical (unpaired) electrons. The van der Waals surface area contributed by atoms with Crippen LogP contribution in [0.2, 0.25) is 5.02 Å². The molecule has 0 aliphatic carbocycles. The van der Waals surface area contributed by atoms with Crippen molar-refractivity contribution in [3.05, 3.63) is 39.8 Å². The molecule has 13 heteroatoms. The summed E-state index contributed by atoms with van der Waals surface area (Å²) in [6.45, 7) is 8.82. The average Bonchev–Trinajstić information content (AvgIpc) is 3.12. The van der Waals surface area contributed by atoms with Gasteiger partial charge in [0.05, 0.1) is 24.2 Å². The van der Waals surface area contributed by atoms with Gasteiger partial charge in [-0.1, -0.05) is 11.6 Å². The van der Waals surface area contributed by atoms with Crippen molar-refractivity contribution in [1.82, 2.24) is 24.6 Å². The Morgan fingerprint density at radius 3 is 2.44 bits per heavy atom. The van der Waals surface area contributed by atoms with Crippen LogP contribution in [0.4, 0.5) is 19.0 Å². The summed E-state index contributed by atoms with van der Waals surface area (Å²) in [5, 5.41) is 6.09. The van der Waals surface area contributed by atoms with Gasteiger partial charge in [-0.15, -0.1) is 0 Å². The van der Waals surface area contributed by atoms with Gasteiger partial charge in [-0.2, -0.15) is 18.3 Å². The summed E-state index contributed by atoms with van der Waals surface area (Å²) in [6, 6.07) is 1.73. The summed E-state index contributed by atoms with van der Waals surface area (Å²) in [6.07, 6.45) is -4.26. The topological polar surface area (TPSA) is 116 Å². The minimum atomic E-state index is -4.64. The quantitative estimate of drug-likeness (QED) is 0.511. The lowest BCUT2D eigenvalue weighted by Gasteiger charge is -2.40. The van der Waals surface area contributed by atoms with Crippen LogP contribution in [0.15, 0.2) is 12.4 Å². The fourth-order valence-electron chi connectivity index (χ4n) is 4.28. The van der Waals surface area contributed by atoms with Gasteiger partial charge in [-0.05, 0) is 32.4 Å². The van der Waals surface area contributed by atoms with E-state index in [0.29, 0.717) is 29.6 Å². The lowest BCUT2D eigenvalue weighted by molar-refractivity contribution is -0.156. The maximum absolute atomic E-state index is 11.7. The van der Waals surface area contributed by atoms with E-state index in [2.05, 4.69) is 15.1 Å². The Hall–Kier alpha value is -3.41. The zero-order valence-electron chi connectivity index (χ0n) is 20.4. The number of hydrogen-bond donors (Lipinski definition) is 1. The van der Waals surface area contributed by atoms with Gasteiger partial charge >= 0.3 is 6.18 Å². The van der Waals surface area contributed by atoms with E-state index < -0.39 is 12.5 Å². The van der Waals surface area contributed by atoms with Crippen molar-refractivity contribution in [2.45, 2.75) is 45.8 Å². The van der Waals surface area contributed by atoms with Gasteiger partial charge in [0.2, 0.25) is 12.2 Å². The van der Waals surface area contributed by atoms with Crippen LogP contribution in [0.1, 0.15) is 48.2 Å². The number of halogens is 4. The van der Waals surface area contributed by atoms with Crippen LogP contribution in [0.5, 0.6) is 5.75 Å². The molecule has 1 fully saturated rings. The van der Waals surface area contributed by atoms with Crippen LogP contribution in [0.3, 0.4) is 0 Å². The van der Waals surface area contributed by atoms with Crippen molar-refractivity contribution < 1.29 is 27.5 Å². The van der Waals surface area contributed by atoms with E-state index in [0.717, 1.165) is 33.5 Å². The van der Waals surface area contributed by atoms with Crippen molar-refractivity contribution in [1.29, 1.82) is 0 Å². The van der Waals surface area contributed by atoms with Crippen molar-refractivity contribution >= 4 is 40.6 Å². The number of benzene rings is 1. The second kappa shape index (κ2) is 10.3. The van der Waals surface area contributed by atoms with E-state index in [1.165, 1.54) is 6.33 Å². The van der Waals surface area contributed by atoms with Gasteiger partial charge in [-0.25, -0.2) is 14.6 Å². The summed E-state index contributed by atoms with van der Waals surface area (Å²) in [4.78, 5) is 30.7. The maximum Gasteiger partial charge on any atom is 0.446 e. The number of amides is 1. The minimum Gasteiger partial charge on any atom is -0.496 e. The molecule has 4 rings (SSSR count). The predicted octanol–water partition coefficient (Wildman–Crippen LogP) is 3.99. The Balaban J connectivity index is 0.000000538. The fourth-order valence-corrected chi connectivity index (χ4v) is 4.50. The van der Waals surface area contributed by atoms with E-state index in [4.69, 9.17) is 26.9 Å². The molecular weight excluding hydrogens is 501 g/mol. The first-order valence-corrected chi connectivity index (χ1v) is 11.3. The molecule has 2 aromatic heterocycles. The van der Waals surface area contributed by atoms with Gasteiger partial charge in [-0.3, -0.25) is 9.59 Å². The van der Waals surface area contributed by atoms with Crippen LogP contribution < -0.4 is 10.5 Å². The first-order valence-electron chi connectivity index (χ1n) is 10.9. The van der Waals surface area contributed by atoms with Gasteiger partial charge < -0.3 is 15.4 Å². The Kier molecular flexibility index (Phi) is 7.77. The van der Waals surface area contributed by atoms with E-state index in [-0.39, 0.29) is 17.9 Å². The molecule has 0 spiro atoms. The highest BCUT2D eigenvalue weighted by atomic mass is 35.5. The number of nitrogen functional groups attached to an aromatic ring is 1. The molecule has 1 atom stereocenters. The second-order valence-electron chi connectivity index (χ2n) is 8.46. The van der Waals surface area contributed by atoms with Crippen molar-refractivity contribution in [2.75, 3.05) is 25.9 Å². The van der Waals surface area contributed by atoms with Crippen LogP contribution in [0.25, 0.3) is 11.0 Å². The normalized spacial score (nSPS) is 14.6. The number of nitrogens with zero attached hydrogens (tertiary/aromatic N) is 5. The lowest BCUT2D eigenvalue weighted by atomic mass is 9.85. The molecule has 1 aliphatic rings. The van der Waals surface area contributed by atoms with Crippen LogP contribution in [-0.4, -0.2) is 63.2 Å². The largest absolute Gasteiger partial charge is 0.496 e. The Morgan fingerprint density at radius 1 is 1.31 bits per heavy atom. The number of alkyl halides is 3. The Morgan fingerprint density at radius 2 is 1.92 bits per heavy atom. The number of carbonyl (C=O) groups excluding carboxylic acids is 2. The molecule has 3 heterocycles. The molecule has 1 saturated heterocycles. The number of carbonyl (C=O) groups is 2. The number of ether oxygens (including phenoxy) is 1. The van der Waals surface area contributed by atoms with Crippen LogP contribution in [-0.2, 0) is 9.59 Å². The molecule has 3 aromatic rings. The number of aryl methyl sites for hydroxylation is 1. The predicted molar refractivity (Wildman–Crippen MR) is 128 cm³/mol. The third kappa shape index (κ3) is 5.23. The van der Waals surface area contributed by atoms with Crippen molar-refractivity contribution in [2.24, 2.45) is 0 Å². The van der Waals surface area contributed by atoms with E-state index in [1.54, 1.807) is 14.0 Å². The standard InChI is InChI=1S/C21H25ClN6O2.C2HF3O/c1-10-16(22)6-15(19(30-5)17(10)14-7-27(8-14)13(4)29)12(3)28-21-18(11(2)26-28)20(23)24-9-25-21;3-2(4,5)1-6/h6,9,12,14H,7-8H2,1-5H3,(H2,23,24,25);1H. The van der Waals surface area contributed by atoms with Crippen LogP contribution >= 0.6 is 11.6 Å². The highest BCUT2D eigenvalue weighted by Gasteiger charge is 2.35. The van der Waals surface area contributed by atoms with Gasteiger partial charge in [0.25, 0.3) is 0 Å². The summed E-state index contributed by atoms with van der Waals surface area (Å²) < 4.78 is 39.0. The number of likely N-dealkylation sites (tertiary alicyclic amines) is 1. The highest BCUT2D eigenvalue weighted by molar-refractivity contribution is 6.31. The molecule has 9 nitrogen and oxygen atoms in total. The van der Waals surface area contributed by atoms with E-state index in [1.807, 2.05) is 36.4 Å². The summed E-state index contributed by atoms with van der Waals surface area (Å²) in [5.41, 5.74) is 10.4.